The molecule has 4 nitrogen and oxygen atoms in total. The Morgan fingerprint density at radius 3 is 2.95 bits per heavy atom. The van der Waals surface area contributed by atoms with Crippen LogP contribution in [0.4, 0.5) is 0 Å². The molecular weight excluding hydrogens is 248 g/mol. The van der Waals surface area contributed by atoms with Gasteiger partial charge in [0.25, 0.3) is 0 Å². The molecule has 1 aliphatic rings. The third kappa shape index (κ3) is 1.80. The molecule has 1 aromatic heterocycles. The van der Waals surface area contributed by atoms with Crippen LogP contribution in [0.25, 0.3) is 16.5 Å². The zero-order valence-electron chi connectivity index (χ0n) is 11.4. The summed E-state index contributed by atoms with van der Waals surface area (Å²) in [7, 11) is 1.99. The Kier molecular flexibility index (Phi) is 3.05. The maximum absolute atomic E-state index is 9.53. The molecule has 0 bridgehead atoms. The summed E-state index contributed by atoms with van der Waals surface area (Å²) in [6, 6.07) is 10.3. The topological polar surface area (TPSA) is 66.8 Å². The Bertz CT molecular complexity index is 772. The molecule has 2 heterocycles. The van der Waals surface area contributed by atoms with Gasteiger partial charge in [0.1, 0.15) is 6.07 Å². The summed E-state index contributed by atoms with van der Waals surface area (Å²) in [4.78, 5) is 0. The molecule has 4 heteroatoms. The van der Waals surface area contributed by atoms with E-state index < -0.39 is 0 Å². The van der Waals surface area contributed by atoms with Crippen LogP contribution in [0.2, 0.25) is 0 Å². The van der Waals surface area contributed by atoms with Gasteiger partial charge >= 0.3 is 0 Å². The maximum atomic E-state index is 9.53. The molecule has 20 heavy (non-hydrogen) atoms. The molecule has 0 saturated heterocycles. The number of para-hydroxylation sites is 1. The summed E-state index contributed by atoms with van der Waals surface area (Å²) in [5, 5.41) is 13.7. The lowest BCUT2D eigenvalue weighted by molar-refractivity contribution is 0.882. The maximum Gasteiger partial charge on any atom is 0.102 e. The van der Waals surface area contributed by atoms with Crippen LogP contribution in [0.1, 0.15) is 11.3 Å². The van der Waals surface area contributed by atoms with Crippen molar-refractivity contribution in [2.75, 3.05) is 13.1 Å². The largest absolute Gasteiger partial charge is 0.387 e. The Hall–Kier alpha value is -2.51. The number of benzene rings is 1. The van der Waals surface area contributed by atoms with Crippen molar-refractivity contribution >= 4 is 16.5 Å². The number of nitriles is 1. The summed E-state index contributed by atoms with van der Waals surface area (Å²) < 4.78 is 2.07. The number of aryl methyl sites for hydroxylation is 1. The van der Waals surface area contributed by atoms with Crippen molar-refractivity contribution in [2.24, 2.45) is 12.8 Å². The van der Waals surface area contributed by atoms with Crippen molar-refractivity contribution < 1.29 is 0 Å². The summed E-state index contributed by atoms with van der Waals surface area (Å²) in [5.74, 6) is 0. The molecule has 0 radical (unpaired) electrons. The first-order chi connectivity index (χ1) is 9.76. The fraction of sp³-hybridized carbons (Fsp3) is 0.188. The summed E-state index contributed by atoms with van der Waals surface area (Å²) in [6.07, 6.45) is 4.03. The predicted molar refractivity (Wildman–Crippen MR) is 80.8 cm³/mol. The van der Waals surface area contributed by atoms with Gasteiger partial charge in [0.2, 0.25) is 0 Å². The van der Waals surface area contributed by atoms with Crippen LogP contribution in [0, 0.1) is 11.3 Å². The normalized spacial score (nSPS) is 14.4. The van der Waals surface area contributed by atoms with Crippen molar-refractivity contribution in [3.63, 3.8) is 0 Å². The highest BCUT2D eigenvalue weighted by molar-refractivity contribution is 5.94. The van der Waals surface area contributed by atoms with Gasteiger partial charge in [-0.3, -0.25) is 0 Å². The molecule has 0 saturated carbocycles. The first-order valence-corrected chi connectivity index (χ1v) is 6.57. The molecule has 0 unspecified atom stereocenters. The molecule has 3 N–H and O–H groups in total. The smallest absolute Gasteiger partial charge is 0.102 e. The van der Waals surface area contributed by atoms with Crippen LogP contribution in [0.5, 0.6) is 0 Å². The number of nitrogens with one attached hydrogen (secondary N) is 1. The third-order valence-electron chi connectivity index (χ3n) is 3.70. The van der Waals surface area contributed by atoms with Crippen LogP contribution >= 0.6 is 0 Å². The number of allylic oxidation sites excluding steroid dienone is 2. The van der Waals surface area contributed by atoms with Crippen molar-refractivity contribution in [1.29, 1.82) is 5.26 Å². The van der Waals surface area contributed by atoms with Crippen molar-refractivity contribution in [2.45, 2.75) is 0 Å². The second kappa shape index (κ2) is 4.87. The monoisotopic (exact) mass is 264 g/mol. The molecule has 0 amide bonds. The number of hydrogen-bond acceptors (Lipinski definition) is 3. The third-order valence-corrected chi connectivity index (χ3v) is 3.70. The van der Waals surface area contributed by atoms with E-state index in [1.165, 1.54) is 0 Å². The van der Waals surface area contributed by atoms with E-state index in [1.807, 2.05) is 37.5 Å². The van der Waals surface area contributed by atoms with E-state index in [0.717, 1.165) is 34.3 Å². The van der Waals surface area contributed by atoms with Gasteiger partial charge in [0.05, 0.1) is 11.3 Å². The van der Waals surface area contributed by atoms with Gasteiger partial charge in [0.15, 0.2) is 0 Å². The zero-order chi connectivity index (χ0) is 14.1. The van der Waals surface area contributed by atoms with Crippen LogP contribution in [-0.2, 0) is 7.05 Å². The Morgan fingerprint density at radius 2 is 2.20 bits per heavy atom. The Balaban J connectivity index is 2.27. The molecule has 1 aliphatic heterocycles. The Labute approximate surface area is 117 Å². The van der Waals surface area contributed by atoms with E-state index in [1.54, 1.807) is 0 Å². The summed E-state index contributed by atoms with van der Waals surface area (Å²) >= 11 is 0. The second-order valence-corrected chi connectivity index (χ2v) is 4.90. The lowest BCUT2D eigenvalue weighted by atomic mass is 10.0. The van der Waals surface area contributed by atoms with E-state index in [2.05, 4.69) is 22.0 Å². The minimum absolute atomic E-state index is 0.524. The number of aromatic nitrogens is 1. The lowest BCUT2D eigenvalue weighted by Crippen LogP contribution is -2.20. The first-order valence-electron chi connectivity index (χ1n) is 6.57. The minimum atomic E-state index is 0.524. The average molecular weight is 264 g/mol. The van der Waals surface area contributed by atoms with Gasteiger partial charge < -0.3 is 15.6 Å². The van der Waals surface area contributed by atoms with Gasteiger partial charge in [0, 0.05) is 42.8 Å². The minimum Gasteiger partial charge on any atom is -0.387 e. The van der Waals surface area contributed by atoms with Crippen LogP contribution < -0.4 is 11.1 Å². The summed E-state index contributed by atoms with van der Waals surface area (Å²) in [5.41, 5.74) is 10.6. The van der Waals surface area contributed by atoms with Gasteiger partial charge in [-0.05, 0) is 17.7 Å². The second-order valence-electron chi connectivity index (χ2n) is 4.90. The molecule has 100 valence electrons. The van der Waals surface area contributed by atoms with Crippen molar-refractivity contribution in [1.82, 2.24) is 9.88 Å². The number of nitrogens with two attached hydrogens (primary N) is 1. The van der Waals surface area contributed by atoms with E-state index in [0.29, 0.717) is 12.1 Å². The highest BCUT2D eigenvalue weighted by Crippen LogP contribution is 2.31. The van der Waals surface area contributed by atoms with Gasteiger partial charge in [-0.25, -0.2) is 0 Å². The van der Waals surface area contributed by atoms with Crippen molar-refractivity contribution in [3.8, 4) is 6.07 Å². The van der Waals surface area contributed by atoms with Crippen LogP contribution in [0.15, 0.2) is 42.1 Å². The molecule has 2 aromatic rings. The number of rotatable bonds is 2. The molecule has 0 atom stereocenters. The van der Waals surface area contributed by atoms with Gasteiger partial charge in [-0.2, -0.15) is 5.26 Å². The zero-order valence-corrected chi connectivity index (χ0v) is 11.4. The number of nitrogens with zero attached hydrogens (tertiary/aromatic N) is 2. The molecule has 0 spiro atoms. The van der Waals surface area contributed by atoms with E-state index >= 15 is 0 Å². The fourth-order valence-electron chi connectivity index (χ4n) is 2.72. The fourth-order valence-corrected chi connectivity index (χ4v) is 2.72. The quantitative estimate of drug-likeness (QED) is 0.870. The molecule has 0 aliphatic carbocycles. The van der Waals surface area contributed by atoms with Crippen LogP contribution in [-0.4, -0.2) is 17.7 Å². The molecular formula is C16H16N4. The van der Waals surface area contributed by atoms with Gasteiger partial charge in [-0.1, -0.05) is 18.2 Å². The van der Waals surface area contributed by atoms with Gasteiger partial charge in [-0.15, -0.1) is 0 Å². The standard InChI is InChI=1S/C16H16N4/c1-20-15-5-3-2-4-13(15)14(8-18)16(20)12-6-11(7-17)9-19-10-12/h2-6,10,19H,7,9,17H2,1H3. The van der Waals surface area contributed by atoms with Crippen molar-refractivity contribution in [3.05, 3.63) is 53.4 Å². The van der Waals surface area contributed by atoms with Crippen LogP contribution in [0.3, 0.4) is 0 Å². The average Bonchev–Trinajstić information content (AvgIpc) is 2.80. The van der Waals surface area contributed by atoms with E-state index in [9.17, 15) is 5.26 Å². The number of dihydropyridines is 1. The van der Waals surface area contributed by atoms with E-state index in [-0.39, 0.29) is 0 Å². The molecule has 1 aromatic carbocycles. The summed E-state index contributed by atoms with van der Waals surface area (Å²) in [6.45, 7) is 1.29. The highest BCUT2D eigenvalue weighted by Gasteiger charge is 2.18. The SMILES string of the molecule is Cn1c(C2=CNCC(CN)=C2)c(C#N)c2ccccc21. The number of hydrogen-bond donors (Lipinski definition) is 2. The number of fused-ring (bicyclic) bond motifs is 1. The lowest BCUT2D eigenvalue weighted by Gasteiger charge is -2.15. The Morgan fingerprint density at radius 1 is 1.40 bits per heavy atom. The molecule has 3 rings (SSSR count). The first kappa shape index (κ1) is 12.5. The van der Waals surface area contributed by atoms with E-state index in [4.69, 9.17) is 5.73 Å². The molecule has 0 fully saturated rings. The predicted octanol–water partition coefficient (Wildman–Crippen LogP) is 1.88. The highest BCUT2D eigenvalue weighted by atomic mass is 15.0.